The summed E-state index contributed by atoms with van der Waals surface area (Å²) in [4.78, 5) is 61.0. The van der Waals surface area contributed by atoms with E-state index >= 15 is 0 Å². The highest BCUT2D eigenvalue weighted by molar-refractivity contribution is 7.99. The Kier molecular flexibility index (Phi) is 15.3. The van der Waals surface area contributed by atoms with Gasteiger partial charge in [0.2, 0.25) is 11.8 Å². The molecule has 3 heterocycles. The number of benzene rings is 1. The molecule has 1 spiro atoms. The van der Waals surface area contributed by atoms with Crippen molar-refractivity contribution >= 4 is 46.7 Å². The van der Waals surface area contributed by atoms with Crippen molar-refractivity contribution < 1.29 is 38.5 Å². The first-order valence-electron chi connectivity index (χ1n) is 20.4. The van der Waals surface area contributed by atoms with Crippen LogP contribution in [0.4, 0.5) is 4.79 Å². The van der Waals surface area contributed by atoms with Crippen molar-refractivity contribution in [1.29, 1.82) is 0 Å². The molecule has 4 aliphatic rings. The molecule has 2 unspecified atom stereocenters. The van der Waals surface area contributed by atoms with E-state index in [1.165, 1.54) is 16.8 Å². The Bertz CT molecular complexity index is 1730. The minimum absolute atomic E-state index is 0.0183. The van der Waals surface area contributed by atoms with Gasteiger partial charge in [0.1, 0.15) is 41.8 Å². The SMILES string of the molecule is CCCCC/C=C\CC(NC(=O)C1C[C@]2(CCc3c(c(CC)nc4ccc(OC)cc34)O2)CN1C(=O)CNC(=O)OC1CCCC1)C(=O)NSC1(C)CC1.CO. The van der Waals surface area contributed by atoms with Gasteiger partial charge in [-0.1, -0.05) is 38.8 Å². The number of ether oxygens (including phenoxy) is 3. The number of pyridine rings is 1. The van der Waals surface area contributed by atoms with Gasteiger partial charge in [-0.05, 0) is 114 Å². The van der Waals surface area contributed by atoms with Crippen molar-refractivity contribution in [2.75, 3.05) is 27.3 Å². The van der Waals surface area contributed by atoms with Gasteiger partial charge in [-0.3, -0.25) is 19.1 Å². The third-order valence-electron chi connectivity index (χ3n) is 11.3. The first-order chi connectivity index (χ1) is 27.1. The van der Waals surface area contributed by atoms with Crippen LogP contribution in [-0.4, -0.2) is 94.7 Å². The normalized spacial score (nSPS) is 21.5. The van der Waals surface area contributed by atoms with Crippen molar-refractivity contribution in [3.63, 3.8) is 0 Å². The highest BCUT2D eigenvalue weighted by Gasteiger charge is 2.52. The Hall–Kier alpha value is -4.04. The number of nitrogens with one attached hydrogen (secondary N) is 3. The van der Waals surface area contributed by atoms with Gasteiger partial charge < -0.3 is 34.9 Å². The Morgan fingerprint density at radius 3 is 2.57 bits per heavy atom. The minimum Gasteiger partial charge on any atom is -0.497 e. The lowest BCUT2D eigenvalue weighted by Gasteiger charge is -2.36. The Morgan fingerprint density at radius 2 is 1.88 bits per heavy atom. The lowest BCUT2D eigenvalue weighted by Crippen LogP contribution is -2.53. The molecule has 1 saturated heterocycles. The number of aryl methyl sites for hydroxylation is 2. The molecule has 14 heteroatoms. The number of rotatable bonds is 16. The van der Waals surface area contributed by atoms with Crippen molar-refractivity contribution in [1.82, 2.24) is 25.2 Å². The van der Waals surface area contributed by atoms with Crippen LogP contribution in [0.5, 0.6) is 11.5 Å². The molecule has 2 aromatic rings. The molecule has 0 radical (unpaired) electrons. The van der Waals surface area contributed by atoms with Gasteiger partial charge in [-0.25, -0.2) is 9.78 Å². The average molecular weight is 796 g/mol. The molecule has 1 aromatic heterocycles. The van der Waals surface area contributed by atoms with E-state index in [1.54, 1.807) is 7.11 Å². The van der Waals surface area contributed by atoms with Crippen LogP contribution >= 0.6 is 11.9 Å². The summed E-state index contributed by atoms with van der Waals surface area (Å²) in [6.45, 7) is 6.12. The quantitative estimate of drug-likeness (QED) is 0.0889. The first kappa shape index (κ1) is 43.1. The van der Waals surface area contributed by atoms with E-state index in [0.717, 1.165) is 99.2 Å². The molecule has 0 bridgehead atoms. The Balaban J connectivity index is 0.00000295. The fraction of sp³-hybridized carbons (Fsp3) is 0.643. The second kappa shape index (κ2) is 19.9. The fourth-order valence-corrected chi connectivity index (χ4v) is 8.53. The number of carbonyl (C=O) groups is 4. The molecule has 4 N–H and O–H groups in total. The first-order valence-corrected chi connectivity index (χ1v) is 21.2. The topological polar surface area (TPSA) is 168 Å². The summed E-state index contributed by atoms with van der Waals surface area (Å²) in [5.74, 6) is 0.291. The molecule has 4 amide bonds. The maximum absolute atomic E-state index is 14.4. The summed E-state index contributed by atoms with van der Waals surface area (Å²) in [6.07, 6.45) is 15.6. The fourth-order valence-electron chi connectivity index (χ4n) is 7.73. The summed E-state index contributed by atoms with van der Waals surface area (Å²) in [5.41, 5.74) is 1.83. The monoisotopic (exact) mass is 795 g/mol. The van der Waals surface area contributed by atoms with Gasteiger partial charge >= 0.3 is 6.09 Å². The number of likely N-dealkylation sites (tertiary alicyclic amines) is 1. The van der Waals surface area contributed by atoms with Crippen molar-refractivity contribution in [2.45, 2.75) is 146 Å². The molecule has 1 aromatic carbocycles. The molecule has 2 aliphatic heterocycles. The highest BCUT2D eigenvalue weighted by Crippen LogP contribution is 2.47. The maximum Gasteiger partial charge on any atom is 0.407 e. The molecular formula is C42H61N5O8S. The molecule has 308 valence electrons. The predicted molar refractivity (Wildman–Crippen MR) is 218 cm³/mol. The molecule has 6 rings (SSSR count). The van der Waals surface area contributed by atoms with Gasteiger partial charge in [0.05, 0.1) is 24.9 Å². The van der Waals surface area contributed by atoms with Crippen LogP contribution in [-0.2, 0) is 32.0 Å². The number of allylic oxidation sites excluding steroid dienone is 1. The second-order valence-corrected chi connectivity index (χ2v) is 17.0. The van der Waals surface area contributed by atoms with Crippen molar-refractivity contribution in [3.05, 3.63) is 41.6 Å². The molecule has 56 heavy (non-hydrogen) atoms. The molecule has 2 aliphatic carbocycles. The van der Waals surface area contributed by atoms with Crippen LogP contribution < -0.4 is 24.8 Å². The van der Waals surface area contributed by atoms with Crippen LogP contribution in [0.25, 0.3) is 10.9 Å². The summed E-state index contributed by atoms with van der Waals surface area (Å²) in [7, 11) is 2.63. The predicted octanol–water partition coefficient (Wildman–Crippen LogP) is 6.08. The number of hydrogen-bond acceptors (Lipinski definition) is 10. The Morgan fingerprint density at radius 1 is 1.11 bits per heavy atom. The van der Waals surface area contributed by atoms with E-state index in [0.29, 0.717) is 31.4 Å². The van der Waals surface area contributed by atoms with Crippen molar-refractivity contribution in [3.8, 4) is 11.5 Å². The summed E-state index contributed by atoms with van der Waals surface area (Å²) in [5, 5.41) is 13.6. The number of unbranched alkanes of at least 4 members (excludes halogenated alkanes) is 3. The number of fused-ring (bicyclic) bond motifs is 3. The zero-order valence-corrected chi connectivity index (χ0v) is 34.6. The van der Waals surface area contributed by atoms with Crippen LogP contribution in [0.15, 0.2) is 30.4 Å². The number of carbonyl (C=O) groups excluding carboxylic acids is 4. The number of hydrogen-bond donors (Lipinski definition) is 4. The zero-order chi connectivity index (χ0) is 40.3. The number of nitrogens with zero attached hydrogens (tertiary/aromatic N) is 2. The lowest BCUT2D eigenvalue weighted by molar-refractivity contribution is -0.138. The van der Waals surface area contributed by atoms with Gasteiger partial charge in [0.25, 0.3) is 5.91 Å². The van der Waals surface area contributed by atoms with Gasteiger partial charge in [-0.2, -0.15) is 0 Å². The van der Waals surface area contributed by atoms with Crippen LogP contribution in [0.1, 0.15) is 115 Å². The van der Waals surface area contributed by atoms with Crippen molar-refractivity contribution in [2.24, 2.45) is 0 Å². The number of aliphatic hydroxyl groups excluding tert-OH is 1. The number of aromatic nitrogens is 1. The number of aliphatic hydroxyl groups is 1. The largest absolute Gasteiger partial charge is 0.497 e. The second-order valence-electron chi connectivity index (χ2n) is 15.6. The Labute approximate surface area is 335 Å². The zero-order valence-electron chi connectivity index (χ0n) is 33.7. The number of methoxy groups -OCH3 is 1. The van der Waals surface area contributed by atoms with Gasteiger partial charge in [0, 0.05) is 29.2 Å². The number of alkyl carbamates (subject to hydrolysis) is 1. The van der Waals surface area contributed by atoms with Gasteiger partial charge in [0.15, 0.2) is 0 Å². The van der Waals surface area contributed by atoms with E-state index in [-0.39, 0.29) is 36.3 Å². The van der Waals surface area contributed by atoms with E-state index in [9.17, 15) is 19.2 Å². The third-order valence-corrected chi connectivity index (χ3v) is 12.5. The van der Waals surface area contributed by atoms with E-state index in [2.05, 4.69) is 35.3 Å². The molecular weight excluding hydrogens is 735 g/mol. The van der Waals surface area contributed by atoms with E-state index in [4.69, 9.17) is 24.3 Å². The van der Waals surface area contributed by atoms with E-state index < -0.39 is 35.6 Å². The van der Waals surface area contributed by atoms with Gasteiger partial charge in [-0.15, -0.1) is 0 Å². The standard InChI is InChI=1S/C41H57N5O7S.CH4O/c1-5-7-8-9-10-11-16-33(37(48)45-54-40(3)21-22-40)44-38(49)34-24-41(26-46(34)35(47)25-42-39(50)52-27-14-12-13-15-27)20-19-29-30-23-28(51-4)17-18-32(30)43-31(6-2)36(29)53-41;1-2/h10-11,17-18,23,27,33-34H,5-9,12-16,19-22,24-26H2,1-4H3,(H,42,50)(H,44,49)(H,45,48);2H,1H3/b11-10-;/t33?,34?,41-;/m1./s1. The van der Waals surface area contributed by atoms with Crippen LogP contribution in [0.3, 0.4) is 0 Å². The molecule has 3 fully saturated rings. The van der Waals surface area contributed by atoms with E-state index in [1.807, 2.05) is 31.2 Å². The molecule has 2 saturated carbocycles. The van der Waals surface area contributed by atoms with Crippen LogP contribution in [0, 0.1) is 0 Å². The highest BCUT2D eigenvalue weighted by atomic mass is 32.2. The smallest absolute Gasteiger partial charge is 0.407 e. The lowest BCUT2D eigenvalue weighted by atomic mass is 9.87. The maximum atomic E-state index is 14.4. The summed E-state index contributed by atoms with van der Waals surface area (Å²) < 4.78 is 21.0. The summed E-state index contributed by atoms with van der Waals surface area (Å²) >= 11 is 1.41. The molecule has 3 atom stereocenters. The molecule has 13 nitrogen and oxygen atoms in total. The third kappa shape index (κ3) is 10.9. The average Bonchev–Trinajstić information content (AvgIpc) is 3.54. The van der Waals surface area contributed by atoms with Crippen LogP contribution in [0.2, 0.25) is 0 Å². The summed E-state index contributed by atoms with van der Waals surface area (Å²) in [6, 6.07) is 4.07. The minimum atomic E-state index is -0.928. The number of amides is 4.